The lowest BCUT2D eigenvalue weighted by molar-refractivity contribution is -0.135. The first-order valence-corrected chi connectivity index (χ1v) is 3.80. The molecule has 1 aliphatic rings. The van der Waals surface area contributed by atoms with E-state index in [9.17, 15) is 4.79 Å². The molecule has 1 aliphatic heterocycles. The topological polar surface area (TPSA) is 26.3 Å². The first-order valence-electron chi connectivity index (χ1n) is 2.83. The Hall–Kier alpha value is -0.210. The minimum Gasteiger partial charge on any atom is -0.462 e. The van der Waals surface area contributed by atoms with Crippen molar-refractivity contribution in [3.8, 4) is 0 Å². The molecule has 1 atom stereocenters. The van der Waals surface area contributed by atoms with E-state index in [1.165, 1.54) is 5.54 Å². The average molecular weight is 181 g/mol. The molecule has 1 unspecified atom stereocenters. The maximum Gasteiger partial charge on any atom is 0.335 e. The van der Waals surface area contributed by atoms with Crippen LogP contribution in [0.5, 0.6) is 0 Å². The van der Waals surface area contributed by atoms with Crippen LogP contribution < -0.4 is 0 Å². The second-order valence-electron chi connectivity index (χ2n) is 2.01. The van der Waals surface area contributed by atoms with E-state index in [4.69, 9.17) is 23.2 Å². The Morgan fingerprint density at radius 3 is 2.90 bits per heavy atom. The summed E-state index contributed by atoms with van der Waals surface area (Å²) in [7, 11) is 0. The number of rotatable bonds is 1. The number of ether oxygens (including phenoxy) is 1. The molecule has 0 aromatic heterocycles. The third kappa shape index (κ3) is 1.27. The first kappa shape index (κ1) is 7.89. The molecule has 56 valence electrons. The fourth-order valence-electron chi connectivity index (χ4n) is 0.777. The van der Waals surface area contributed by atoms with Gasteiger partial charge in [0.05, 0.1) is 12.2 Å². The van der Waals surface area contributed by atoms with Crippen LogP contribution in [0.2, 0.25) is 0 Å². The van der Waals surface area contributed by atoms with Crippen LogP contribution in [0.1, 0.15) is 0 Å². The summed E-state index contributed by atoms with van der Waals surface area (Å²) in [5.41, 5.74) is 1.72. The molecule has 2 nitrogen and oxygen atoms in total. The maximum absolute atomic E-state index is 10.7. The van der Waals surface area contributed by atoms with E-state index >= 15 is 0 Å². The van der Waals surface area contributed by atoms with Crippen molar-refractivity contribution >= 4 is 29.2 Å². The smallest absolute Gasteiger partial charge is 0.335 e. The van der Waals surface area contributed by atoms with Crippen molar-refractivity contribution in [2.24, 2.45) is 5.92 Å². The largest absolute Gasteiger partial charge is 0.462 e. The normalized spacial score (nSPS) is 29.2. The monoisotopic (exact) mass is 180 g/mol. The van der Waals surface area contributed by atoms with Gasteiger partial charge < -0.3 is 4.74 Å². The molecule has 1 fully saturated rings. The molecule has 1 rings (SSSR count). The zero-order valence-corrected chi connectivity index (χ0v) is 6.65. The fourth-order valence-corrected chi connectivity index (χ4v) is 1.30. The molecule has 0 saturated carbocycles. The molecule has 0 aliphatic carbocycles. The lowest BCUT2D eigenvalue weighted by Crippen LogP contribution is -2.03. The zero-order valence-electron chi connectivity index (χ0n) is 5.14. The van der Waals surface area contributed by atoms with Crippen LogP contribution in [0.3, 0.4) is 0 Å². The van der Waals surface area contributed by atoms with Crippen molar-refractivity contribution < 1.29 is 9.53 Å². The summed E-state index contributed by atoms with van der Waals surface area (Å²) in [6.45, 7) is 0.362. The highest BCUT2D eigenvalue weighted by Crippen LogP contribution is 2.22. The highest BCUT2D eigenvalue weighted by atomic mass is 35.5. The molecule has 0 aromatic carbocycles. The molecule has 1 saturated heterocycles. The SMILES string of the molecule is O=C1OCC(CCl)/C1=C\Cl. The molecule has 0 N–H and O–H groups in total. The molecule has 1 heterocycles. The summed E-state index contributed by atoms with van der Waals surface area (Å²) in [6.07, 6.45) is 0. The summed E-state index contributed by atoms with van der Waals surface area (Å²) in [6, 6.07) is 0. The molecular weight excluding hydrogens is 175 g/mol. The Labute approximate surface area is 68.8 Å². The van der Waals surface area contributed by atoms with Gasteiger partial charge in [0.15, 0.2) is 0 Å². The lowest BCUT2D eigenvalue weighted by atomic mass is 10.1. The van der Waals surface area contributed by atoms with Crippen LogP contribution in [0, 0.1) is 5.92 Å². The van der Waals surface area contributed by atoms with Gasteiger partial charge in [-0.1, -0.05) is 11.6 Å². The summed E-state index contributed by atoms with van der Waals surface area (Å²) >= 11 is 10.9. The summed E-state index contributed by atoms with van der Waals surface area (Å²) in [4.78, 5) is 10.7. The van der Waals surface area contributed by atoms with E-state index in [1.54, 1.807) is 0 Å². The predicted octanol–water partition coefficient (Wildman–Crippen LogP) is 1.52. The highest BCUT2D eigenvalue weighted by molar-refractivity contribution is 6.28. The van der Waals surface area contributed by atoms with Gasteiger partial charge >= 0.3 is 5.97 Å². The molecule has 10 heavy (non-hydrogen) atoms. The minimum absolute atomic E-state index is 0.0216. The van der Waals surface area contributed by atoms with Crippen molar-refractivity contribution in [1.82, 2.24) is 0 Å². The first-order chi connectivity index (χ1) is 4.79. The quantitative estimate of drug-likeness (QED) is 0.348. The second kappa shape index (κ2) is 3.26. The lowest BCUT2D eigenvalue weighted by Gasteiger charge is -1.97. The second-order valence-corrected chi connectivity index (χ2v) is 2.54. The number of carbonyl (C=O) groups excluding carboxylic acids is 1. The number of cyclic esters (lactones) is 1. The number of esters is 1. The molecule has 0 amide bonds. The number of alkyl halides is 1. The van der Waals surface area contributed by atoms with Gasteiger partial charge in [0, 0.05) is 17.3 Å². The van der Waals surface area contributed by atoms with Gasteiger partial charge in [-0.05, 0) is 0 Å². The average Bonchev–Trinajstić information content (AvgIpc) is 2.30. The molecule has 4 heteroatoms. The molecular formula is C6H6Cl2O2. The standard InChI is InChI=1S/C6H6Cl2O2/c7-1-4-3-10-6(9)5(4)2-8/h2,4H,1,3H2/b5-2+. The molecule has 0 spiro atoms. The Kier molecular flexibility index (Phi) is 2.57. The third-order valence-electron chi connectivity index (χ3n) is 1.39. The van der Waals surface area contributed by atoms with Crippen LogP contribution in [0.4, 0.5) is 0 Å². The predicted molar refractivity (Wildman–Crippen MR) is 39.1 cm³/mol. The fraction of sp³-hybridized carbons (Fsp3) is 0.500. The van der Waals surface area contributed by atoms with Crippen LogP contribution >= 0.6 is 23.2 Å². The maximum atomic E-state index is 10.7. The van der Waals surface area contributed by atoms with Crippen LogP contribution in [0.25, 0.3) is 0 Å². The van der Waals surface area contributed by atoms with Crippen molar-refractivity contribution in [2.45, 2.75) is 0 Å². The van der Waals surface area contributed by atoms with E-state index in [0.29, 0.717) is 18.1 Å². The van der Waals surface area contributed by atoms with Gasteiger partial charge in [0.2, 0.25) is 0 Å². The van der Waals surface area contributed by atoms with Gasteiger partial charge in [-0.25, -0.2) is 4.79 Å². The van der Waals surface area contributed by atoms with Gasteiger partial charge in [-0.15, -0.1) is 11.6 Å². The van der Waals surface area contributed by atoms with Crippen molar-refractivity contribution in [2.75, 3.05) is 12.5 Å². The summed E-state index contributed by atoms with van der Waals surface area (Å²) in [5.74, 6) is 0.0110. The van der Waals surface area contributed by atoms with Gasteiger partial charge in [0.1, 0.15) is 0 Å². The Morgan fingerprint density at radius 2 is 2.50 bits per heavy atom. The number of halogens is 2. The molecule has 0 bridgehead atoms. The summed E-state index contributed by atoms with van der Waals surface area (Å²) in [5, 5.41) is 0. The van der Waals surface area contributed by atoms with Crippen molar-refractivity contribution in [3.05, 3.63) is 11.1 Å². The van der Waals surface area contributed by atoms with Gasteiger partial charge in [-0.3, -0.25) is 0 Å². The zero-order chi connectivity index (χ0) is 7.56. The van der Waals surface area contributed by atoms with E-state index in [-0.39, 0.29) is 11.9 Å². The van der Waals surface area contributed by atoms with E-state index in [2.05, 4.69) is 4.74 Å². The Morgan fingerprint density at radius 1 is 1.80 bits per heavy atom. The number of hydrogen-bond donors (Lipinski definition) is 0. The molecule has 0 aromatic rings. The van der Waals surface area contributed by atoms with E-state index in [0.717, 1.165) is 0 Å². The van der Waals surface area contributed by atoms with E-state index in [1.807, 2.05) is 0 Å². The van der Waals surface area contributed by atoms with Crippen molar-refractivity contribution in [1.29, 1.82) is 0 Å². The Bertz CT molecular complexity index is 177. The molecule has 0 radical (unpaired) electrons. The van der Waals surface area contributed by atoms with Crippen LogP contribution in [-0.4, -0.2) is 18.5 Å². The number of hydrogen-bond acceptors (Lipinski definition) is 2. The number of carbonyl (C=O) groups is 1. The highest BCUT2D eigenvalue weighted by Gasteiger charge is 2.29. The van der Waals surface area contributed by atoms with Crippen molar-refractivity contribution in [3.63, 3.8) is 0 Å². The van der Waals surface area contributed by atoms with Gasteiger partial charge in [-0.2, -0.15) is 0 Å². The van der Waals surface area contributed by atoms with Crippen LogP contribution in [-0.2, 0) is 9.53 Å². The van der Waals surface area contributed by atoms with Gasteiger partial charge in [0.25, 0.3) is 0 Å². The van der Waals surface area contributed by atoms with E-state index < -0.39 is 0 Å². The minimum atomic E-state index is -0.347. The summed E-state index contributed by atoms with van der Waals surface area (Å²) < 4.78 is 4.68. The third-order valence-corrected chi connectivity index (χ3v) is 2.00. The Balaban J connectivity index is 2.73. The van der Waals surface area contributed by atoms with Crippen LogP contribution in [0.15, 0.2) is 11.1 Å².